The lowest BCUT2D eigenvalue weighted by Gasteiger charge is -2.15. The van der Waals surface area contributed by atoms with Gasteiger partial charge < -0.3 is 5.32 Å². The van der Waals surface area contributed by atoms with E-state index in [4.69, 9.17) is 5.26 Å². The third-order valence-electron chi connectivity index (χ3n) is 2.33. The van der Waals surface area contributed by atoms with E-state index < -0.39 is 0 Å². The Morgan fingerprint density at radius 1 is 1.60 bits per heavy atom. The Kier molecular flexibility index (Phi) is 4.62. The summed E-state index contributed by atoms with van der Waals surface area (Å²) in [5.74, 6) is 0. The predicted molar refractivity (Wildman–Crippen MR) is 61.6 cm³/mol. The Morgan fingerprint density at radius 2 is 2.40 bits per heavy atom. The van der Waals surface area contributed by atoms with Crippen molar-refractivity contribution in [3.8, 4) is 6.07 Å². The maximum atomic E-state index is 8.89. The third kappa shape index (κ3) is 3.59. The van der Waals surface area contributed by atoms with Gasteiger partial charge in [-0.3, -0.25) is 4.98 Å². The van der Waals surface area contributed by atoms with E-state index in [0.717, 1.165) is 12.1 Å². The molecule has 1 unspecified atom stereocenters. The SMILES string of the molecule is CCCCC(C)Nc1cnccc1C#N. The van der Waals surface area contributed by atoms with Crippen LogP contribution in [0.15, 0.2) is 18.5 Å². The van der Waals surface area contributed by atoms with Crippen LogP contribution in [0, 0.1) is 11.3 Å². The van der Waals surface area contributed by atoms with Gasteiger partial charge in [-0.15, -0.1) is 0 Å². The van der Waals surface area contributed by atoms with E-state index in [-0.39, 0.29) is 0 Å². The molecule has 1 heterocycles. The Morgan fingerprint density at radius 3 is 3.07 bits per heavy atom. The van der Waals surface area contributed by atoms with Crippen LogP contribution in [-0.4, -0.2) is 11.0 Å². The molecule has 1 atom stereocenters. The monoisotopic (exact) mass is 203 g/mol. The van der Waals surface area contributed by atoms with Crippen LogP contribution in [-0.2, 0) is 0 Å². The van der Waals surface area contributed by atoms with Gasteiger partial charge in [0.05, 0.1) is 17.4 Å². The summed E-state index contributed by atoms with van der Waals surface area (Å²) in [6, 6.07) is 4.28. The van der Waals surface area contributed by atoms with Crippen LogP contribution in [0.5, 0.6) is 0 Å². The van der Waals surface area contributed by atoms with Crippen molar-refractivity contribution in [2.75, 3.05) is 5.32 Å². The van der Waals surface area contributed by atoms with Crippen LogP contribution in [0.1, 0.15) is 38.7 Å². The van der Waals surface area contributed by atoms with Gasteiger partial charge in [0.15, 0.2) is 0 Å². The highest BCUT2D eigenvalue weighted by molar-refractivity contribution is 5.55. The first-order chi connectivity index (χ1) is 7.27. The minimum atomic E-state index is 0.390. The molecule has 0 saturated heterocycles. The molecule has 0 fully saturated rings. The van der Waals surface area contributed by atoms with Crippen molar-refractivity contribution in [2.24, 2.45) is 0 Å². The van der Waals surface area contributed by atoms with Gasteiger partial charge in [0, 0.05) is 12.2 Å². The van der Waals surface area contributed by atoms with Crippen LogP contribution in [0.2, 0.25) is 0 Å². The quantitative estimate of drug-likeness (QED) is 0.800. The van der Waals surface area contributed by atoms with Gasteiger partial charge in [0.2, 0.25) is 0 Å². The largest absolute Gasteiger partial charge is 0.380 e. The van der Waals surface area contributed by atoms with Gasteiger partial charge in [-0.25, -0.2) is 0 Å². The number of nitriles is 1. The second kappa shape index (κ2) is 6.02. The molecule has 1 aromatic rings. The van der Waals surface area contributed by atoms with Gasteiger partial charge in [-0.1, -0.05) is 19.8 Å². The Labute approximate surface area is 91.1 Å². The lowest BCUT2D eigenvalue weighted by molar-refractivity contribution is 0.645. The predicted octanol–water partition coefficient (Wildman–Crippen LogP) is 2.94. The van der Waals surface area contributed by atoms with E-state index in [2.05, 4.69) is 30.2 Å². The molecule has 15 heavy (non-hydrogen) atoms. The van der Waals surface area contributed by atoms with E-state index in [0.29, 0.717) is 11.6 Å². The van der Waals surface area contributed by atoms with Crippen LogP contribution in [0.4, 0.5) is 5.69 Å². The number of anilines is 1. The second-order valence-electron chi connectivity index (χ2n) is 3.72. The van der Waals surface area contributed by atoms with E-state index in [1.165, 1.54) is 12.8 Å². The Hall–Kier alpha value is -1.56. The van der Waals surface area contributed by atoms with Crippen molar-refractivity contribution in [1.29, 1.82) is 5.26 Å². The van der Waals surface area contributed by atoms with Crippen LogP contribution >= 0.6 is 0 Å². The van der Waals surface area contributed by atoms with Crippen molar-refractivity contribution in [2.45, 2.75) is 39.2 Å². The Balaban J connectivity index is 2.60. The molecular weight excluding hydrogens is 186 g/mol. The standard InChI is InChI=1S/C12H17N3/c1-3-4-5-10(2)15-12-9-14-7-6-11(12)8-13/h6-7,9-10,15H,3-5H2,1-2H3. The highest BCUT2D eigenvalue weighted by Crippen LogP contribution is 2.14. The van der Waals surface area contributed by atoms with Crippen LogP contribution in [0.25, 0.3) is 0 Å². The summed E-state index contributed by atoms with van der Waals surface area (Å²) in [6.45, 7) is 4.31. The van der Waals surface area contributed by atoms with Crippen molar-refractivity contribution in [1.82, 2.24) is 4.98 Å². The minimum Gasteiger partial charge on any atom is -0.380 e. The lowest BCUT2D eigenvalue weighted by Crippen LogP contribution is -2.15. The molecule has 0 aliphatic heterocycles. The first kappa shape index (κ1) is 11.5. The molecule has 0 radical (unpaired) electrons. The van der Waals surface area contributed by atoms with Gasteiger partial charge in [0.25, 0.3) is 0 Å². The number of nitrogens with one attached hydrogen (secondary N) is 1. The molecule has 1 N–H and O–H groups in total. The zero-order valence-corrected chi connectivity index (χ0v) is 9.33. The second-order valence-corrected chi connectivity index (χ2v) is 3.72. The smallest absolute Gasteiger partial charge is 0.101 e. The van der Waals surface area contributed by atoms with Gasteiger partial charge in [0.1, 0.15) is 6.07 Å². The van der Waals surface area contributed by atoms with E-state index in [1.54, 1.807) is 18.5 Å². The van der Waals surface area contributed by atoms with Gasteiger partial charge in [-0.05, 0) is 19.4 Å². The fraction of sp³-hybridized carbons (Fsp3) is 0.500. The number of aromatic nitrogens is 1. The fourth-order valence-electron chi connectivity index (χ4n) is 1.45. The molecule has 0 aliphatic rings. The summed E-state index contributed by atoms with van der Waals surface area (Å²) in [7, 11) is 0. The maximum absolute atomic E-state index is 8.89. The average molecular weight is 203 g/mol. The lowest BCUT2D eigenvalue weighted by atomic mass is 10.1. The summed E-state index contributed by atoms with van der Waals surface area (Å²) >= 11 is 0. The highest BCUT2D eigenvalue weighted by atomic mass is 14.9. The van der Waals surface area contributed by atoms with Gasteiger partial charge >= 0.3 is 0 Å². The molecule has 0 amide bonds. The van der Waals surface area contributed by atoms with Crippen molar-refractivity contribution in [3.63, 3.8) is 0 Å². The maximum Gasteiger partial charge on any atom is 0.101 e. The van der Waals surface area contributed by atoms with Gasteiger partial charge in [-0.2, -0.15) is 5.26 Å². The van der Waals surface area contributed by atoms with Crippen LogP contribution < -0.4 is 5.32 Å². The van der Waals surface area contributed by atoms with E-state index in [1.807, 2.05) is 0 Å². The molecule has 3 nitrogen and oxygen atoms in total. The molecule has 80 valence electrons. The number of nitrogens with zero attached hydrogens (tertiary/aromatic N) is 2. The minimum absolute atomic E-state index is 0.390. The number of unbranched alkanes of at least 4 members (excludes halogenated alkanes) is 1. The summed E-state index contributed by atoms with van der Waals surface area (Å²) in [4.78, 5) is 4.01. The van der Waals surface area contributed by atoms with Crippen molar-refractivity contribution >= 4 is 5.69 Å². The summed E-state index contributed by atoms with van der Waals surface area (Å²) < 4.78 is 0. The molecule has 0 aromatic carbocycles. The van der Waals surface area contributed by atoms with E-state index >= 15 is 0 Å². The molecule has 1 rings (SSSR count). The average Bonchev–Trinajstić information content (AvgIpc) is 2.27. The van der Waals surface area contributed by atoms with E-state index in [9.17, 15) is 0 Å². The molecule has 3 heteroatoms. The zero-order valence-electron chi connectivity index (χ0n) is 9.33. The first-order valence-electron chi connectivity index (χ1n) is 5.38. The highest BCUT2D eigenvalue weighted by Gasteiger charge is 2.05. The molecule has 0 bridgehead atoms. The number of pyridine rings is 1. The summed E-state index contributed by atoms with van der Waals surface area (Å²) in [5.41, 5.74) is 1.50. The van der Waals surface area contributed by atoms with Crippen LogP contribution in [0.3, 0.4) is 0 Å². The van der Waals surface area contributed by atoms with Crippen molar-refractivity contribution in [3.05, 3.63) is 24.0 Å². The number of rotatable bonds is 5. The zero-order chi connectivity index (χ0) is 11.1. The molecule has 0 saturated carbocycles. The summed E-state index contributed by atoms with van der Waals surface area (Å²) in [6.07, 6.45) is 6.87. The first-order valence-corrected chi connectivity index (χ1v) is 5.38. The summed E-state index contributed by atoms with van der Waals surface area (Å²) in [5, 5.41) is 12.2. The number of hydrogen-bond donors (Lipinski definition) is 1. The molecule has 1 aromatic heterocycles. The number of hydrogen-bond acceptors (Lipinski definition) is 3. The Bertz CT molecular complexity index is 341. The topological polar surface area (TPSA) is 48.7 Å². The molecule has 0 spiro atoms. The third-order valence-corrected chi connectivity index (χ3v) is 2.33. The normalized spacial score (nSPS) is 11.8. The van der Waals surface area contributed by atoms with Crippen molar-refractivity contribution < 1.29 is 0 Å². The fourth-order valence-corrected chi connectivity index (χ4v) is 1.45. The molecular formula is C12H17N3. The molecule has 0 aliphatic carbocycles.